The molecule has 0 amide bonds. The first-order valence-electron chi connectivity index (χ1n) is 8.90. The molecule has 3 aromatic rings. The summed E-state index contributed by atoms with van der Waals surface area (Å²) in [5.74, 6) is -1.08. The molecule has 4 rings (SSSR count). The molecule has 27 heavy (non-hydrogen) atoms. The van der Waals surface area contributed by atoms with Gasteiger partial charge in [-0.05, 0) is 58.0 Å². The van der Waals surface area contributed by atoms with Crippen LogP contribution in [0.4, 0.5) is 8.78 Å². The summed E-state index contributed by atoms with van der Waals surface area (Å²) in [7, 11) is 0. The van der Waals surface area contributed by atoms with Crippen LogP contribution in [-0.2, 0) is 0 Å². The van der Waals surface area contributed by atoms with E-state index < -0.39 is 17.2 Å². The fourth-order valence-electron chi connectivity index (χ4n) is 3.27. The lowest BCUT2D eigenvalue weighted by Crippen LogP contribution is -2.38. The van der Waals surface area contributed by atoms with Gasteiger partial charge in [-0.25, -0.2) is 13.8 Å². The smallest absolute Gasteiger partial charge is 0.184 e. The Morgan fingerprint density at radius 1 is 1.04 bits per heavy atom. The van der Waals surface area contributed by atoms with Crippen molar-refractivity contribution in [1.82, 2.24) is 4.98 Å². The van der Waals surface area contributed by atoms with E-state index in [1.807, 2.05) is 51.1 Å². The van der Waals surface area contributed by atoms with Crippen LogP contribution in [0.1, 0.15) is 37.6 Å². The van der Waals surface area contributed by atoms with Crippen LogP contribution in [0.2, 0.25) is 0 Å². The van der Waals surface area contributed by atoms with Gasteiger partial charge in [0.25, 0.3) is 0 Å². The zero-order valence-corrected chi connectivity index (χ0v) is 15.7. The predicted octanol–water partition coefficient (Wildman–Crippen LogP) is 5.22. The molecule has 5 heteroatoms. The largest absolute Gasteiger partial charge is 0.485 e. The van der Waals surface area contributed by atoms with E-state index in [4.69, 9.17) is 9.73 Å². The molecule has 138 valence electrons. The van der Waals surface area contributed by atoms with Crippen molar-refractivity contribution in [3.8, 4) is 5.75 Å². The fraction of sp³-hybridized carbons (Fsp3) is 0.273. The molecule has 2 aromatic carbocycles. The van der Waals surface area contributed by atoms with Gasteiger partial charge in [0.15, 0.2) is 11.6 Å². The first-order valence-corrected chi connectivity index (χ1v) is 8.90. The summed E-state index contributed by atoms with van der Waals surface area (Å²) in [5, 5.41) is 0.534. The van der Waals surface area contributed by atoms with Gasteiger partial charge in [-0.3, -0.25) is 4.99 Å². The Kier molecular flexibility index (Phi) is 3.98. The highest BCUT2D eigenvalue weighted by molar-refractivity contribution is 6.16. The molecule has 0 aliphatic carbocycles. The SMILES string of the molecule is Cc1nc2c(F)c(F)ccc2cc1C1=N[C@@H](C)C(C)(C)Oc2ccccc21. The highest BCUT2D eigenvalue weighted by atomic mass is 19.2. The van der Waals surface area contributed by atoms with Gasteiger partial charge in [-0.1, -0.05) is 12.1 Å². The number of rotatable bonds is 1. The maximum atomic E-state index is 14.1. The number of aryl methyl sites for hydroxylation is 1. The first kappa shape index (κ1) is 17.6. The summed E-state index contributed by atoms with van der Waals surface area (Å²) < 4.78 is 33.9. The quantitative estimate of drug-likeness (QED) is 0.592. The maximum absolute atomic E-state index is 14.1. The zero-order valence-electron chi connectivity index (χ0n) is 15.7. The molecule has 0 spiro atoms. The van der Waals surface area contributed by atoms with Crippen molar-refractivity contribution >= 4 is 16.6 Å². The molecule has 1 aromatic heterocycles. The monoisotopic (exact) mass is 366 g/mol. The van der Waals surface area contributed by atoms with Gasteiger partial charge in [-0.15, -0.1) is 0 Å². The normalized spacial score (nSPS) is 18.4. The minimum Gasteiger partial charge on any atom is -0.485 e. The Labute approximate surface area is 156 Å². The number of pyridine rings is 1. The topological polar surface area (TPSA) is 34.5 Å². The fourth-order valence-corrected chi connectivity index (χ4v) is 3.27. The van der Waals surface area contributed by atoms with E-state index in [0.717, 1.165) is 28.7 Å². The van der Waals surface area contributed by atoms with E-state index in [1.54, 1.807) is 6.92 Å². The Balaban J connectivity index is 1.99. The average Bonchev–Trinajstić information content (AvgIpc) is 2.72. The molecule has 0 N–H and O–H groups in total. The number of fused-ring (bicyclic) bond motifs is 2. The lowest BCUT2D eigenvalue weighted by molar-refractivity contribution is 0.0891. The molecule has 0 fully saturated rings. The highest BCUT2D eigenvalue weighted by Crippen LogP contribution is 2.34. The van der Waals surface area contributed by atoms with Crippen LogP contribution in [0, 0.1) is 18.6 Å². The van der Waals surface area contributed by atoms with Gasteiger partial charge in [0.05, 0.1) is 11.8 Å². The van der Waals surface area contributed by atoms with E-state index in [2.05, 4.69) is 4.98 Å². The minimum absolute atomic E-state index is 0.0309. The van der Waals surface area contributed by atoms with Crippen molar-refractivity contribution in [2.24, 2.45) is 4.99 Å². The molecule has 2 heterocycles. The number of ether oxygens (including phenoxy) is 1. The van der Waals surface area contributed by atoms with E-state index >= 15 is 0 Å². The van der Waals surface area contributed by atoms with E-state index in [-0.39, 0.29) is 11.6 Å². The number of benzene rings is 2. The van der Waals surface area contributed by atoms with E-state index in [0.29, 0.717) is 11.1 Å². The van der Waals surface area contributed by atoms with E-state index in [1.165, 1.54) is 6.07 Å². The number of nitrogens with zero attached hydrogens (tertiary/aromatic N) is 2. The molecule has 3 nitrogen and oxygen atoms in total. The zero-order chi connectivity index (χ0) is 19.3. The second-order valence-electron chi connectivity index (χ2n) is 7.41. The Hall–Kier alpha value is -2.82. The van der Waals surface area contributed by atoms with Crippen molar-refractivity contribution in [2.45, 2.75) is 39.3 Å². The van der Waals surface area contributed by atoms with Crippen molar-refractivity contribution < 1.29 is 13.5 Å². The molecular formula is C22H20F2N2O. The molecule has 1 atom stereocenters. The Bertz CT molecular complexity index is 1090. The Morgan fingerprint density at radius 2 is 1.78 bits per heavy atom. The number of aromatic nitrogens is 1. The number of aliphatic imine (C=N–C) groups is 1. The van der Waals surface area contributed by atoms with Crippen LogP contribution in [0.15, 0.2) is 47.5 Å². The molecule has 0 bridgehead atoms. The third kappa shape index (κ3) is 2.87. The van der Waals surface area contributed by atoms with Crippen molar-refractivity contribution in [3.05, 3.63) is 70.9 Å². The Morgan fingerprint density at radius 3 is 2.56 bits per heavy atom. The van der Waals surface area contributed by atoms with Crippen LogP contribution in [0.25, 0.3) is 10.9 Å². The number of hydrogen-bond acceptors (Lipinski definition) is 3. The molecule has 1 aliphatic heterocycles. The molecule has 0 saturated heterocycles. The first-order chi connectivity index (χ1) is 12.8. The summed E-state index contributed by atoms with van der Waals surface area (Å²) >= 11 is 0. The van der Waals surface area contributed by atoms with Crippen molar-refractivity contribution in [1.29, 1.82) is 0 Å². The standard InChI is InChI=1S/C22H20F2N2O/c1-12-16(11-14-9-10-17(23)19(24)20(14)25-12)21-15-7-5-6-8-18(15)27-22(3,4)13(2)26-21/h5-11,13H,1-4H3/t13-/m0/s1. The van der Waals surface area contributed by atoms with Gasteiger partial charge in [-0.2, -0.15) is 0 Å². The summed E-state index contributed by atoms with van der Waals surface area (Å²) in [5.41, 5.74) is 2.54. The lowest BCUT2D eigenvalue weighted by atomic mass is 9.98. The maximum Gasteiger partial charge on any atom is 0.184 e. The molecule has 0 unspecified atom stereocenters. The van der Waals surface area contributed by atoms with Crippen LogP contribution in [0.3, 0.4) is 0 Å². The van der Waals surface area contributed by atoms with E-state index in [9.17, 15) is 8.78 Å². The third-order valence-electron chi connectivity index (χ3n) is 5.17. The van der Waals surface area contributed by atoms with Crippen LogP contribution < -0.4 is 4.74 Å². The van der Waals surface area contributed by atoms with Crippen molar-refractivity contribution in [3.63, 3.8) is 0 Å². The van der Waals surface area contributed by atoms with Crippen molar-refractivity contribution in [2.75, 3.05) is 0 Å². The van der Waals surface area contributed by atoms with Gasteiger partial charge < -0.3 is 4.74 Å². The molecular weight excluding hydrogens is 346 g/mol. The number of para-hydroxylation sites is 1. The van der Waals surface area contributed by atoms with Gasteiger partial charge in [0.1, 0.15) is 16.9 Å². The molecule has 0 radical (unpaired) electrons. The summed E-state index contributed by atoms with van der Waals surface area (Å²) in [4.78, 5) is 9.27. The van der Waals surface area contributed by atoms with Crippen LogP contribution >= 0.6 is 0 Å². The second kappa shape index (κ2) is 6.12. The minimum atomic E-state index is -0.928. The van der Waals surface area contributed by atoms with Crippen LogP contribution in [-0.4, -0.2) is 22.3 Å². The average molecular weight is 366 g/mol. The molecule has 0 saturated carbocycles. The van der Waals surface area contributed by atoms with Gasteiger partial charge >= 0.3 is 0 Å². The number of halogens is 2. The molecule has 1 aliphatic rings. The summed E-state index contributed by atoms with van der Waals surface area (Å²) in [6, 6.07) is 12.1. The summed E-state index contributed by atoms with van der Waals surface area (Å²) in [6.45, 7) is 7.80. The lowest BCUT2D eigenvalue weighted by Gasteiger charge is -2.28. The summed E-state index contributed by atoms with van der Waals surface area (Å²) in [6.07, 6.45) is 0. The van der Waals surface area contributed by atoms with Gasteiger partial charge in [0, 0.05) is 22.2 Å². The van der Waals surface area contributed by atoms with Crippen LogP contribution in [0.5, 0.6) is 5.75 Å². The third-order valence-corrected chi connectivity index (χ3v) is 5.17. The number of hydrogen-bond donors (Lipinski definition) is 0. The predicted molar refractivity (Wildman–Crippen MR) is 103 cm³/mol. The second-order valence-corrected chi connectivity index (χ2v) is 7.41. The highest BCUT2D eigenvalue weighted by Gasteiger charge is 2.33. The van der Waals surface area contributed by atoms with Gasteiger partial charge in [0.2, 0.25) is 0 Å².